The standard InChI is InChI=1S/C14H18O7.C13H10O/c1-4-11(16)19-8-14(7-15,9-20-12(17)5-2)10-21-13(18)6-3;14-13(11-7-3-1-4-8-11)12-9-5-2-6-10-12/h4-6,15H,1-3,7-10H2;1-10H. The number of esters is 3. The molecule has 0 saturated heterocycles. The monoisotopic (exact) mass is 480 g/mol. The summed E-state index contributed by atoms with van der Waals surface area (Å²) in [6.07, 6.45) is 2.81. The van der Waals surface area contributed by atoms with Crippen molar-refractivity contribution in [1.82, 2.24) is 0 Å². The first kappa shape index (κ1) is 28.7. The van der Waals surface area contributed by atoms with Gasteiger partial charge in [-0.2, -0.15) is 0 Å². The SMILES string of the molecule is C=CC(=O)OCC(CO)(COC(=O)C=C)COC(=O)C=C.O=C(c1ccccc1)c1ccccc1. The molecule has 1 N–H and O–H groups in total. The lowest BCUT2D eigenvalue weighted by Crippen LogP contribution is -2.42. The summed E-state index contributed by atoms with van der Waals surface area (Å²) in [5.41, 5.74) is 0.188. The molecule has 184 valence electrons. The average molecular weight is 481 g/mol. The van der Waals surface area contributed by atoms with Crippen molar-refractivity contribution in [3.05, 3.63) is 110 Å². The van der Waals surface area contributed by atoms with Crippen molar-refractivity contribution in [3.8, 4) is 0 Å². The lowest BCUT2D eigenvalue weighted by molar-refractivity contribution is -0.159. The predicted molar refractivity (Wildman–Crippen MR) is 129 cm³/mol. The molecule has 0 saturated carbocycles. The molecule has 2 rings (SSSR count). The Labute approximate surface area is 204 Å². The van der Waals surface area contributed by atoms with E-state index in [-0.39, 0.29) is 25.6 Å². The van der Waals surface area contributed by atoms with Crippen molar-refractivity contribution in [3.63, 3.8) is 0 Å². The highest BCUT2D eigenvalue weighted by molar-refractivity contribution is 6.08. The Kier molecular flexibility index (Phi) is 12.7. The summed E-state index contributed by atoms with van der Waals surface area (Å²) < 4.78 is 14.5. The molecule has 0 amide bonds. The highest BCUT2D eigenvalue weighted by Crippen LogP contribution is 2.19. The highest BCUT2D eigenvalue weighted by atomic mass is 16.6. The van der Waals surface area contributed by atoms with Gasteiger partial charge in [0.15, 0.2) is 5.78 Å². The maximum absolute atomic E-state index is 11.8. The van der Waals surface area contributed by atoms with Crippen LogP contribution in [0.3, 0.4) is 0 Å². The molecule has 0 heterocycles. The van der Waals surface area contributed by atoms with E-state index in [1.54, 1.807) is 0 Å². The summed E-state index contributed by atoms with van der Waals surface area (Å²) in [4.78, 5) is 45.1. The first-order chi connectivity index (χ1) is 16.8. The number of benzene rings is 2. The minimum absolute atomic E-state index is 0.0752. The van der Waals surface area contributed by atoms with Gasteiger partial charge in [-0.05, 0) is 0 Å². The summed E-state index contributed by atoms with van der Waals surface area (Å²) in [6.45, 7) is 8.14. The molecule has 0 spiro atoms. The van der Waals surface area contributed by atoms with E-state index in [9.17, 15) is 24.3 Å². The van der Waals surface area contributed by atoms with E-state index in [4.69, 9.17) is 14.2 Å². The van der Waals surface area contributed by atoms with Gasteiger partial charge in [-0.1, -0.05) is 80.4 Å². The van der Waals surface area contributed by atoms with Gasteiger partial charge in [0, 0.05) is 29.4 Å². The Balaban J connectivity index is 0.000000375. The van der Waals surface area contributed by atoms with Gasteiger partial charge in [-0.3, -0.25) is 4.79 Å². The maximum atomic E-state index is 11.8. The molecule has 8 heteroatoms. The lowest BCUT2D eigenvalue weighted by Gasteiger charge is -2.29. The molecule has 35 heavy (non-hydrogen) atoms. The number of hydrogen-bond donors (Lipinski definition) is 1. The second-order valence-electron chi connectivity index (χ2n) is 7.15. The van der Waals surface area contributed by atoms with Gasteiger partial charge < -0.3 is 19.3 Å². The molecule has 0 atom stereocenters. The molecule has 0 unspecified atom stereocenters. The van der Waals surface area contributed by atoms with Crippen LogP contribution in [0.25, 0.3) is 0 Å². The fraction of sp³-hybridized carbons (Fsp3) is 0.185. The van der Waals surface area contributed by atoms with E-state index in [0.29, 0.717) is 0 Å². The van der Waals surface area contributed by atoms with Gasteiger partial charge in [-0.15, -0.1) is 0 Å². The third-order valence-electron chi connectivity index (χ3n) is 4.47. The van der Waals surface area contributed by atoms with Crippen molar-refractivity contribution in [1.29, 1.82) is 0 Å². The van der Waals surface area contributed by atoms with E-state index < -0.39 is 29.9 Å². The fourth-order valence-corrected chi connectivity index (χ4v) is 2.46. The number of rotatable bonds is 12. The minimum atomic E-state index is -1.28. The zero-order valence-electron chi connectivity index (χ0n) is 19.3. The molecule has 0 aliphatic rings. The van der Waals surface area contributed by atoms with Crippen LogP contribution in [0.15, 0.2) is 98.6 Å². The smallest absolute Gasteiger partial charge is 0.330 e. The maximum Gasteiger partial charge on any atom is 0.330 e. The molecular weight excluding hydrogens is 452 g/mol. The van der Waals surface area contributed by atoms with E-state index in [0.717, 1.165) is 29.4 Å². The fourth-order valence-electron chi connectivity index (χ4n) is 2.46. The van der Waals surface area contributed by atoms with Crippen LogP contribution in [0.5, 0.6) is 0 Å². The highest BCUT2D eigenvalue weighted by Gasteiger charge is 2.35. The number of ketones is 1. The van der Waals surface area contributed by atoms with Crippen LogP contribution in [0.1, 0.15) is 15.9 Å². The van der Waals surface area contributed by atoms with Gasteiger partial charge in [-0.25, -0.2) is 14.4 Å². The Morgan fingerprint density at radius 1 is 0.657 bits per heavy atom. The summed E-state index contributed by atoms with van der Waals surface area (Å²) in [6, 6.07) is 18.6. The molecule has 0 aliphatic heterocycles. The molecule has 0 bridgehead atoms. The van der Waals surface area contributed by atoms with Crippen molar-refractivity contribution in [2.75, 3.05) is 26.4 Å². The Bertz CT molecular complexity index is 911. The van der Waals surface area contributed by atoms with Crippen LogP contribution in [-0.4, -0.2) is 55.2 Å². The second kappa shape index (κ2) is 15.5. The van der Waals surface area contributed by atoms with Crippen molar-refractivity contribution >= 4 is 23.7 Å². The number of aliphatic hydroxyl groups is 1. The Morgan fingerprint density at radius 2 is 0.971 bits per heavy atom. The van der Waals surface area contributed by atoms with Crippen LogP contribution < -0.4 is 0 Å². The minimum Gasteiger partial charge on any atom is -0.462 e. The van der Waals surface area contributed by atoms with Gasteiger partial charge in [0.1, 0.15) is 19.8 Å². The van der Waals surface area contributed by atoms with Gasteiger partial charge >= 0.3 is 17.9 Å². The van der Waals surface area contributed by atoms with E-state index in [1.165, 1.54) is 0 Å². The van der Waals surface area contributed by atoms with Gasteiger partial charge in [0.25, 0.3) is 0 Å². The quantitative estimate of drug-likeness (QED) is 0.213. The van der Waals surface area contributed by atoms with E-state index in [2.05, 4.69) is 19.7 Å². The largest absolute Gasteiger partial charge is 0.462 e. The zero-order valence-corrected chi connectivity index (χ0v) is 19.3. The van der Waals surface area contributed by atoms with Crippen LogP contribution in [0.4, 0.5) is 0 Å². The summed E-state index contributed by atoms with van der Waals surface area (Å²) in [7, 11) is 0. The molecule has 2 aromatic carbocycles. The normalized spacial score (nSPS) is 9.97. The molecule has 0 aliphatic carbocycles. The third-order valence-corrected chi connectivity index (χ3v) is 4.47. The molecule has 0 aromatic heterocycles. The topological polar surface area (TPSA) is 116 Å². The predicted octanol–water partition coefficient (Wildman–Crippen LogP) is 3.07. The van der Waals surface area contributed by atoms with Crippen LogP contribution in [0, 0.1) is 5.41 Å². The van der Waals surface area contributed by atoms with Crippen molar-refractivity contribution in [2.45, 2.75) is 0 Å². The number of hydrogen-bond acceptors (Lipinski definition) is 8. The first-order valence-electron chi connectivity index (χ1n) is 10.4. The lowest BCUT2D eigenvalue weighted by atomic mass is 9.92. The number of carbonyl (C=O) groups is 4. The summed E-state index contributed by atoms with van der Waals surface area (Å²) in [5.74, 6) is -2.10. The average Bonchev–Trinajstić information content (AvgIpc) is 2.93. The van der Waals surface area contributed by atoms with Crippen LogP contribution >= 0.6 is 0 Å². The van der Waals surface area contributed by atoms with E-state index in [1.807, 2.05) is 60.7 Å². The van der Waals surface area contributed by atoms with E-state index >= 15 is 0 Å². The van der Waals surface area contributed by atoms with Crippen molar-refractivity contribution < 1.29 is 38.5 Å². The summed E-state index contributed by atoms with van der Waals surface area (Å²) in [5, 5.41) is 9.48. The van der Waals surface area contributed by atoms with Crippen molar-refractivity contribution in [2.24, 2.45) is 5.41 Å². The molecule has 0 radical (unpaired) electrons. The summed E-state index contributed by atoms with van der Waals surface area (Å²) >= 11 is 0. The molecule has 2 aromatic rings. The van der Waals surface area contributed by atoms with Crippen LogP contribution in [0.2, 0.25) is 0 Å². The Hall–Kier alpha value is -4.30. The number of ether oxygens (including phenoxy) is 3. The van der Waals surface area contributed by atoms with Gasteiger partial charge in [0.2, 0.25) is 0 Å². The molecular formula is C27H28O8. The van der Waals surface area contributed by atoms with Crippen LogP contribution in [-0.2, 0) is 28.6 Å². The Morgan fingerprint density at radius 3 is 1.23 bits per heavy atom. The first-order valence-corrected chi connectivity index (χ1v) is 10.4. The van der Waals surface area contributed by atoms with Gasteiger partial charge in [0.05, 0.1) is 12.0 Å². The number of carbonyl (C=O) groups excluding carboxylic acids is 4. The molecule has 8 nitrogen and oxygen atoms in total. The zero-order chi connectivity index (χ0) is 26.1. The number of aliphatic hydroxyl groups excluding tert-OH is 1. The molecule has 0 fully saturated rings. The third kappa shape index (κ3) is 10.4. The second-order valence-corrected chi connectivity index (χ2v) is 7.15.